The average Bonchev–Trinajstić information content (AvgIpc) is 3.24. The van der Waals surface area contributed by atoms with Crippen LogP contribution in [0.4, 0.5) is 0 Å². The number of pyridine rings is 1. The minimum Gasteiger partial charge on any atom is -0.494 e. The Hall–Kier alpha value is -4.30. The molecular formula is C29H25N3O4S. The summed E-state index contributed by atoms with van der Waals surface area (Å²) in [5, 5.41) is 0. The highest BCUT2D eigenvalue weighted by atomic mass is 32.1. The topological polar surface area (TPSA) is 82.8 Å². The highest BCUT2D eigenvalue weighted by Gasteiger charge is 2.35. The summed E-state index contributed by atoms with van der Waals surface area (Å²) in [5.41, 5.74) is 2.90. The first-order valence-electron chi connectivity index (χ1n) is 12.0. The van der Waals surface area contributed by atoms with Crippen molar-refractivity contribution in [3.8, 4) is 5.75 Å². The molecule has 0 aliphatic carbocycles. The lowest BCUT2D eigenvalue weighted by molar-refractivity contribution is -0.138. The number of rotatable bonds is 7. The largest absolute Gasteiger partial charge is 0.494 e. The molecule has 0 amide bonds. The second kappa shape index (κ2) is 10.8. The number of hydrogen-bond donors (Lipinski definition) is 0. The number of nitrogens with zero attached hydrogens (tertiary/aromatic N) is 3. The first-order valence-corrected chi connectivity index (χ1v) is 12.8. The highest BCUT2D eigenvalue weighted by molar-refractivity contribution is 7.07. The Morgan fingerprint density at radius 2 is 1.81 bits per heavy atom. The van der Waals surface area contributed by atoms with Crippen LogP contribution in [0.15, 0.2) is 94.5 Å². The first kappa shape index (κ1) is 24.4. The Morgan fingerprint density at radius 1 is 1.03 bits per heavy atom. The van der Waals surface area contributed by atoms with Crippen molar-refractivity contribution in [3.63, 3.8) is 0 Å². The maximum Gasteiger partial charge on any atom is 0.338 e. The van der Waals surface area contributed by atoms with Gasteiger partial charge in [-0.2, -0.15) is 0 Å². The molecule has 0 saturated heterocycles. The molecule has 0 N–H and O–H groups in total. The van der Waals surface area contributed by atoms with E-state index in [9.17, 15) is 9.59 Å². The van der Waals surface area contributed by atoms with Crippen molar-refractivity contribution in [1.82, 2.24) is 9.55 Å². The molecule has 1 aliphatic heterocycles. The smallest absolute Gasteiger partial charge is 0.338 e. The van der Waals surface area contributed by atoms with Crippen LogP contribution in [0.25, 0.3) is 11.8 Å². The number of benzene rings is 2. The Kier molecular flexibility index (Phi) is 7.09. The molecule has 3 heterocycles. The minimum atomic E-state index is -0.725. The fourth-order valence-electron chi connectivity index (χ4n) is 4.28. The van der Waals surface area contributed by atoms with Gasteiger partial charge in [-0.15, -0.1) is 0 Å². The zero-order valence-corrected chi connectivity index (χ0v) is 21.3. The van der Waals surface area contributed by atoms with Crippen LogP contribution in [-0.4, -0.2) is 28.7 Å². The van der Waals surface area contributed by atoms with Gasteiger partial charge in [-0.3, -0.25) is 14.3 Å². The van der Waals surface area contributed by atoms with Crippen molar-refractivity contribution in [2.24, 2.45) is 4.99 Å². The van der Waals surface area contributed by atoms with Gasteiger partial charge in [0.05, 0.1) is 35.1 Å². The summed E-state index contributed by atoms with van der Waals surface area (Å²) in [6.45, 7) is 4.42. The molecule has 0 spiro atoms. The van der Waals surface area contributed by atoms with Crippen LogP contribution in [0.3, 0.4) is 0 Å². The van der Waals surface area contributed by atoms with E-state index in [0.717, 1.165) is 16.7 Å². The third kappa shape index (κ3) is 4.88. The number of carbonyl (C=O) groups is 1. The van der Waals surface area contributed by atoms with Crippen molar-refractivity contribution in [1.29, 1.82) is 0 Å². The van der Waals surface area contributed by atoms with E-state index in [1.165, 1.54) is 11.3 Å². The molecule has 1 atom stereocenters. The van der Waals surface area contributed by atoms with Gasteiger partial charge in [0.15, 0.2) is 4.80 Å². The molecule has 7 nitrogen and oxygen atoms in total. The van der Waals surface area contributed by atoms with Crippen molar-refractivity contribution >= 4 is 29.1 Å². The monoisotopic (exact) mass is 511 g/mol. The molecule has 4 aromatic rings. The van der Waals surface area contributed by atoms with Gasteiger partial charge < -0.3 is 9.47 Å². The van der Waals surface area contributed by atoms with E-state index in [-0.39, 0.29) is 12.2 Å². The number of ether oxygens (including phenoxy) is 2. The second-order valence-corrected chi connectivity index (χ2v) is 9.23. The minimum absolute atomic E-state index is 0.200. The first-order chi connectivity index (χ1) is 18.1. The summed E-state index contributed by atoms with van der Waals surface area (Å²) in [6, 6.07) is 19.9. The van der Waals surface area contributed by atoms with Crippen molar-refractivity contribution < 1.29 is 14.3 Å². The normalized spacial score (nSPS) is 15.2. The summed E-state index contributed by atoms with van der Waals surface area (Å²) in [4.78, 5) is 36.8. The van der Waals surface area contributed by atoms with Crippen LogP contribution in [0, 0.1) is 0 Å². The summed E-state index contributed by atoms with van der Waals surface area (Å²) >= 11 is 1.28. The lowest BCUT2D eigenvalue weighted by Gasteiger charge is -2.26. The van der Waals surface area contributed by atoms with Crippen LogP contribution < -0.4 is 19.6 Å². The number of hydrogen-bond acceptors (Lipinski definition) is 7. The second-order valence-electron chi connectivity index (χ2n) is 8.22. The molecule has 0 saturated carbocycles. The number of fused-ring (bicyclic) bond motifs is 1. The third-order valence-corrected chi connectivity index (χ3v) is 6.85. The molecule has 0 radical (unpaired) electrons. The van der Waals surface area contributed by atoms with Crippen LogP contribution in [0.1, 0.15) is 36.6 Å². The van der Waals surface area contributed by atoms with Gasteiger partial charge in [0.2, 0.25) is 0 Å². The number of aromatic nitrogens is 2. The third-order valence-electron chi connectivity index (χ3n) is 5.86. The van der Waals surface area contributed by atoms with E-state index in [4.69, 9.17) is 14.5 Å². The van der Waals surface area contributed by atoms with E-state index >= 15 is 0 Å². The van der Waals surface area contributed by atoms with Gasteiger partial charge in [-0.05, 0) is 49.2 Å². The number of thiazole rings is 1. The van der Waals surface area contributed by atoms with E-state index in [1.54, 1.807) is 30.0 Å². The van der Waals surface area contributed by atoms with E-state index < -0.39 is 12.0 Å². The summed E-state index contributed by atoms with van der Waals surface area (Å²) in [5.74, 6) is 0.200. The SMILES string of the molecule is CCOC(=O)C1=C(c2ccccc2)N=c2sc(=Cc3cccnc3)c(=O)n2[C@H]1c1ccc(OCC)cc1. The number of carbonyl (C=O) groups excluding carboxylic acids is 1. The van der Waals surface area contributed by atoms with Gasteiger partial charge in [-0.1, -0.05) is 59.9 Å². The fourth-order valence-corrected chi connectivity index (χ4v) is 5.28. The average molecular weight is 512 g/mol. The molecule has 0 unspecified atom stereocenters. The Bertz CT molecular complexity index is 1620. The lowest BCUT2D eigenvalue weighted by atomic mass is 9.93. The van der Waals surface area contributed by atoms with Crippen molar-refractivity contribution in [2.75, 3.05) is 13.2 Å². The quantitative estimate of drug-likeness (QED) is 0.353. The van der Waals surface area contributed by atoms with Gasteiger partial charge in [0.25, 0.3) is 5.56 Å². The van der Waals surface area contributed by atoms with Gasteiger partial charge in [0, 0.05) is 18.0 Å². The van der Waals surface area contributed by atoms with Crippen molar-refractivity contribution in [3.05, 3.63) is 121 Å². The fraction of sp³-hybridized carbons (Fsp3) is 0.172. The molecule has 0 bridgehead atoms. The zero-order chi connectivity index (χ0) is 25.8. The zero-order valence-electron chi connectivity index (χ0n) is 20.5. The molecule has 186 valence electrons. The summed E-state index contributed by atoms with van der Waals surface area (Å²) < 4.78 is 13.2. The molecule has 1 aliphatic rings. The molecule has 5 rings (SSSR count). The number of esters is 1. The molecule has 8 heteroatoms. The van der Waals surface area contributed by atoms with Crippen LogP contribution in [0.2, 0.25) is 0 Å². The predicted octanol–water partition coefficient (Wildman–Crippen LogP) is 3.73. The summed E-state index contributed by atoms with van der Waals surface area (Å²) in [6.07, 6.45) is 5.17. The maximum absolute atomic E-state index is 13.8. The Morgan fingerprint density at radius 3 is 2.49 bits per heavy atom. The Labute approximate surface area is 217 Å². The van der Waals surface area contributed by atoms with Gasteiger partial charge in [0.1, 0.15) is 5.75 Å². The van der Waals surface area contributed by atoms with E-state index in [1.807, 2.05) is 73.7 Å². The lowest BCUT2D eigenvalue weighted by Crippen LogP contribution is -2.40. The van der Waals surface area contributed by atoms with Crippen LogP contribution >= 0.6 is 11.3 Å². The predicted molar refractivity (Wildman–Crippen MR) is 143 cm³/mol. The summed E-state index contributed by atoms with van der Waals surface area (Å²) in [7, 11) is 0. The van der Waals surface area contributed by atoms with E-state index in [0.29, 0.717) is 33.0 Å². The van der Waals surface area contributed by atoms with Gasteiger partial charge >= 0.3 is 5.97 Å². The Balaban J connectivity index is 1.80. The molecule has 2 aromatic carbocycles. The van der Waals surface area contributed by atoms with Crippen LogP contribution in [-0.2, 0) is 9.53 Å². The molecule has 37 heavy (non-hydrogen) atoms. The van der Waals surface area contributed by atoms with E-state index in [2.05, 4.69) is 4.98 Å². The standard InChI is InChI=1S/C29H25N3O4S/c1-3-35-22-14-12-21(13-15-22)26-24(28(34)36-4-2)25(20-10-6-5-7-11-20)31-29-32(26)27(33)23(37-29)17-19-9-8-16-30-18-19/h5-18,26H,3-4H2,1-2H3/t26-/m0/s1. The molecular weight excluding hydrogens is 486 g/mol. The highest BCUT2D eigenvalue weighted by Crippen LogP contribution is 2.35. The van der Waals surface area contributed by atoms with Crippen LogP contribution in [0.5, 0.6) is 5.75 Å². The van der Waals surface area contributed by atoms with Crippen molar-refractivity contribution in [2.45, 2.75) is 19.9 Å². The van der Waals surface area contributed by atoms with Gasteiger partial charge in [-0.25, -0.2) is 9.79 Å². The molecule has 0 fully saturated rings. The maximum atomic E-state index is 13.8. The molecule has 2 aromatic heterocycles.